The van der Waals surface area contributed by atoms with Gasteiger partial charge in [0.1, 0.15) is 5.52 Å². The van der Waals surface area contributed by atoms with Crippen LogP contribution < -0.4 is 15.1 Å². The average molecular weight is 442 g/mol. The number of rotatable bonds is 5. The first-order chi connectivity index (χ1) is 15.1. The minimum Gasteiger partial charge on any atom is -0.380 e. The number of aromatic nitrogens is 2. The molecule has 0 saturated carbocycles. The fourth-order valence-corrected chi connectivity index (χ4v) is 5.80. The average Bonchev–Trinajstić information content (AvgIpc) is 3.45. The summed E-state index contributed by atoms with van der Waals surface area (Å²) in [6, 6.07) is 10.7. The Bertz CT molecular complexity index is 1170. The summed E-state index contributed by atoms with van der Waals surface area (Å²) >= 11 is 0. The number of nitrogens with zero attached hydrogens (tertiary/aromatic N) is 4. The first-order valence-corrected chi connectivity index (χ1v) is 12.1. The molecule has 164 valence electrons. The first kappa shape index (κ1) is 20.3. The Hall–Kier alpha value is -2.62. The van der Waals surface area contributed by atoms with Crippen molar-refractivity contribution in [2.75, 3.05) is 56.2 Å². The van der Waals surface area contributed by atoms with Crippen LogP contribution in [0.25, 0.3) is 11.0 Å². The van der Waals surface area contributed by atoms with Gasteiger partial charge in [-0.25, -0.2) is 12.4 Å². The molecule has 2 aliphatic rings. The summed E-state index contributed by atoms with van der Waals surface area (Å²) in [6.45, 7) is 5.12. The number of fused-ring (bicyclic) bond motifs is 1. The van der Waals surface area contributed by atoms with Crippen LogP contribution in [0, 0.1) is 0 Å². The number of nitrogens with one attached hydrogen (secondary N) is 1. The van der Waals surface area contributed by atoms with E-state index in [0.29, 0.717) is 11.0 Å². The van der Waals surface area contributed by atoms with Crippen LogP contribution in [0.4, 0.5) is 11.4 Å². The van der Waals surface area contributed by atoms with Gasteiger partial charge in [-0.05, 0) is 42.8 Å². The van der Waals surface area contributed by atoms with Gasteiger partial charge in [-0.3, -0.25) is 4.98 Å². The number of methoxy groups -OCH3 is 1. The van der Waals surface area contributed by atoms with Crippen LogP contribution in [0.1, 0.15) is 6.42 Å². The Balaban J connectivity index is 1.49. The fraction of sp³-hybridized carbons (Fsp3) is 0.409. The van der Waals surface area contributed by atoms with Crippen LogP contribution in [0.3, 0.4) is 0 Å². The summed E-state index contributed by atoms with van der Waals surface area (Å²) < 4.78 is 33.9. The second-order valence-corrected chi connectivity index (χ2v) is 9.82. The molecule has 4 heterocycles. The van der Waals surface area contributed by atoms with Crippen molar-refractivity contribution in [1.29, 1.82) is 0 Å². The minimum atomic E-state index is -3.75. The standard InChI is InChI=1S/C22H27N5O3S/c1-30-18-8-12-26(15-18)17-4-6-19(7-5-17)31(28,29)27-16-21(25-13-10-23-11-14-25)22-20(27)3-2-9-24-22/h2-7,9,16,18,23H,8,10-15H2,1H3/t18-/m0/s1. The highest BCUT2D eigenvalue weighted by atomic mass is 32.2. The maximum atomic E-state index is 13.5. The number of hydrogen-bond acceptors (Lipinski definition) is 7. The molecule has 9 heteroatoms. The van der Waals surface area contributed by atoms with Crippen LogP contribution >= 0.6 is 0 Å². The van der Waals surface area contributed by atoms with Crippen molar-refractivity contribution in [1.82, 2.24) is 14.3 Å². The SMILES string of the molecule is CO[C@H]1CCN(c2ccc(S(=O)(=O)n3cc(N4CCNCC4)c4ncccc43)cc2)C1. The van der Waals surface area contributed by atoms with Crippen molar-refractivity contribution in [2.24, 2.45) is 0 Å². The van der Waals surface area contributed by atoms with Gasteiger partial charge < -0.3 is 19.9 Å². The molecule has 2 saturated heterocycles. The molecular formula is C22H27N5O3S. The molecule has 1 atom stereocenters. The van der Waals surface area contributed by atoms with Crippen LogP contribution in [0.2, 0.25) is 0 Å². The predicted molar refractivity (Wildman–Crippen MR) is 121 cm³/mol. The summed E-state index contributed by atoms with van der Waals surface area (Å²) in [6.07, 6.45) is 4.64. The van der Waals surface area contributed by atoms with Gasteiger partial charge in [0.15, 0.2) is 0 Å². The maximum Gasteiger partial charge on any atom is 0.268 e. The molecule has 1 N–H and O–H groups in total. The number of hydrogen-bond donors (Lipinski definition) is 1. The highest BCUT2D eigenvalue weighted by Crippen LogP contribution is 2.31. The zero-order valence-electron chi connectivity index (χ0n) is 17.6. The van der Waals surface area contributed by atoms with Crippen molar-refractivity contribution in [3.63, 3.8) is 0 Å². The Morgan fingerprint density at radius 3 is 2.55 bits per heavy atom. The molecular weight excluding hydrogens is 414 g/mol. The second-order valence-electron chi connectivity index (χ2n) is 8.01. The van der Waals surface area contributed by atoms with Gasteiger partial charge in [-0.1, -0.05) is 0 Å². The zero-order chi connectivity index (χ0) is 21.4. The van der Waals surface area contributed by atoms with Crippen LogP contribution in [0.15, 0.2) is 53.7 Å². The van der Waals surface area contributed by atoms with Crippen LogP contribution in [-0.2, 0) is 14.8 Å². The zero-order valence-corrected chi connectivity index (χ0v) is 18.4. The third-order valence-electron chi connectivity index (χ3n) is 6.20. The molecule has 0 radical (unpaired) electrons. The molecule has 0 unspecified atom stereocenters. The van der Waals surface area contributed by atoms with E-state index < -0.39 is 10.0 Å². The summed E-state index contributed by atoms with van der Waals surface area (Å²) in [5, 5.41) is 3.33. The third-order valence-corrected chi connectivity index (χ3v) is 7.89. The lowest BCUT2D eigenvalue weighted by Crippen LogP contribution is -2.43. The molecule has 0 aliphatic carbocycles. The van der Waals surface area contributed by atoms with E-state index in [2.05, 4.69) is 20.1 Å². The van der Waals surface area contributed by atoms with E-state index >= 15 is 0 Å². The van der Waals surface area contributed by atoms with Gasteiger partial charge in [0.2, 0.25) is 0 Å². The summed E-state index contributed by atoms with van der Waals surface area (Å²) in [4.78, 5) is 9.19. The van der Waals surface area contributed by atoms with Crippen molar-refractivity contribution < 1.29 is 13.2 Å². The van der Waals surface area contributed by atoms with E-state index in [4.69, 9.17) is 4.74 Å². The minimum absolute atomic E-state index is 0.227. The highest BCUT2D eigenvalue weighted by Gasteiger charge is 2.26. The molecule has 0 amide bonds. The molecule has 3 aromatic rings. The lowest BCUT2D eigenvalue weighted by Gasteiger charge is -2.28. The quantitative estimate of drug-likeness (QED) is 0.648. The molecule has 0 bridgehead atoms. The van der Waals surface area contributed by atoms with Crippen molar-refractivity contribution in [2.45, 2.75) is 17.4 Å². The summed E-state index contributed by atoms with van der Waals surface area (Å²) in [7, 11) is -2.02. The molecule has 8 nitrogen and oxygen atoms in total. The monoisotopic (exact) mass is 441 g/mol. The largest absolute Gasteiger partial charge is 0.380 e. The van der Waals surface area contributed by atoms with E-state index in [1.165, 1.54) is 3.97 Å². The molecule has 31 heavy (non-hydrogen) atoms. The third kappa shape index (κ3) is 3.66. The Labute approximate surface area is 182 Å². The molecule has 2 aromatic heterocycles. The lowest BCUT2D eigenvalue weighted by atomic mass is 10.3. The van der Waals surface area contributed by atoms with Gasteiger partial charge in [-0.15, -0.1) is 0 Å². The van der Waals surface area contributed by atoms with Gasteiger partial charge in [-0.2, -0.15) is 0 Å². The summed E-state index contributed by atoms with van der Waals surface area (Å²) in [5.74, 6) is 0. The molecule has 1 aromatic carbocycles. The molecule has 5 rings (SSSR count). The van der Waals surface area contributed by atoms with E-state index in [0.717, 1.165) is 57.1 Å². The highest BCUT2D eigenvalue weighted by molar-refractivity contribution is 7.90. The Morgan fingerprint density at radius 2 is 1.84 bits per heavy atom. The molecule has 2 aliphatic heterocycles. The van der Waals surface area contributed by atoms with E-state index in [-0.39, 0.29) is 11.0 Å². The predicted octanol–water partition coefficient (Wildman–Crippen LogP) is 1.91. The van der Waals surface area contributed by atoms with Crippen molar-refractivity contribution >= 4 is 32.4 Å². The molecule has 2 fully saturated rings. The van der Waals surface area contributed by atoms with Crippen LogP contribution in [-0.4, -0.2) is 69.9 Å². The number of anilines is 2. The van der Waals surface area contributed by atoms with Gasteiger partial charge in [0.25, 0.3) is 10.0 Å². The Kier molecular flexibility index (Phi) is 5.33. The maximum absolute atomic E-state index is 13.5. The smallest absolute Gasteiger partial charge is 0.268 e. The van der Waals surface area contributed by atoms with E-state index in [9.17, 15) is 8.42 Å². The fourth-order valence-electron chi connectivity index (χ4n) is 4.45. The van der Waals surface area contributed by atoms with Crippen molar-refractivity contribution in [3.8, 4) is 0 Å². The molecule has 0 spiro atoms. The number of piperazine rings is 1. The van der Waals surface area contributed by atoms with Gasteiger partial charge in [0, 0.05) is 64.5 Å². The number of ether oxygens (including phenoxy) is 1. The lowest BCUT2D eigenvalue weighted by molar-refractivity contribution is 0.121. The number of benzene rings is 1. The van der Waals surface area contributed by atoms with Gasteiger partial charge >= 0.3 is 0 Å². The summed E-state index contributed by atoms with van der Waals surface area (Å²) in [5.41, 5.74) is 3.19. The first-order valence-electron chi connectivity index (χ1n) is 10.6. The van der Waals surface area contributed by atoms with Gasteiger partial charge in [0.05, 0.1) is 22.2 Å². The number of pyridine rings is 1. The van der Waals surface area contributed by atoms with Crippen molar-refractivity contribution in [3.05, 3.63) is 48.8 Å². The Morgan fingerprint density at radius 1 is 1.06 bits per heavy atom. The van der Waals surface area contributed by atoms with E-state index in [1.807, 2.05) is 18.2 Å². The second kappa shape index (κ2) is 8.14. The van der Waals surface area contributed by atoms with E-state index in [1.54, 1.807) is 37.7 Å². The topological polar surface area (TPSA) is 79.7 Å². The van der Waals surface area contributed by atoms with Crippen LogP contribution in [0.5, 0.6) is 0 Å². The normalized spacial score (nSPS) is 20.0.